The van der Waals surface area contributed by atoms with Crippen LogP contribution in [0.15, 0.2) is 85.1 Å². The molecule has 0 aromatic carbocycles. The van der Waals surface area contributed by atoms with E-state index >= 15 is 0 Å². The molecule has 18 heteroatoms. The van der Waals surface area contributed by atoms with Crippen LogP contribution in [0.1, 0.15) is 79.1 Å². The van der Waals surface area contributed by atoms with Crippen LogP contribution < -0.4 is 5.73 Å². The summed E-state index contributed by atoms with van der Waals surface area (Å²) in [5, 5.41) is 109. The van der Waals surface area contributed by atoms with E-state index in [1.54, 1.807) is 75.5 Å². The highest BCUT2D eigenvalue weighted by Crippen LogP contribution is 2.38. The van der Waals surface area contributed by atoms with Crippen LogP contribution in [0.3, 0.4) is 0 Å². The zero-order valence-corrected chi connectivity index (χ0v) is 38.5. The summed E-state index contributed by atoms with van der Waals surface area (Å²) >= 11 is 0. The monoisotopic (exact) mass is 938 g/mol. The molecule has 66 heavy (non-hydrogen) atoms. The second-order valence-electron chi connectivity index (χ2n) is 17.8. The van der Waals surface area contributed by atoms with E-state index in [4.69, 9.17) is 29.4 Å². The summed E-state index contributed by atoms with van der Waals surface area (Å²) in [6.45, 7) is 6.78. The molecule has 0 unspecified atom stereocenters. The molecule has 0 aromatic heterocycles. The van der Waals surface area contributed by atoms with Crippen LogP contribution in [0.5, 0.6) is 0 Å². The summed E-state index contributed by atoms with van der Waals surface area (Å²) in [5.41, 5.74) is 6.05. The zero-order valence-electron chi connectivity index (χ0n) is 38.5. The predicted molar refractivity (Wildman–Crippen MR) is 241 cm³/mol. The second kappa shape index (κ2) is 28.1. The largest absolute Gasteiger partial charge is 0.469 e. The molecule has 3 aliphatic heterocycles. The Morgan fingerprint density at radius 3 is 1.83 bits per heavy atom. The summed E-state index contributed by atoms with van der Waals surface area (Å²) in [4.78, 5) is 25.7. The Hall–Kier alpha value is -3.44. The number of esters is 2. The Labute approximate surface area is 387 Å². The molecule has 2 fully saturated rings. The van der Waals surface area contributed by atoms with Crippen LogP contribution in [-0.2, 0) is 33.3 Å². The number of ether oxygens (including phenoxy) is 5. The minimum absolute atomic E-state index is 0.0949. The van der Waals surface area contributed by atoms with Crippen molar-refractivity contribution in [1.82, 2.24) is 0 Å². The number of carbonyl (C=O) groups excluding carboxylic acids is 2. The molecular formula is C48H75NO17. The number of allylic oxidation sites excluding steroid dienone is 12. The first kappa shape index (κ1) is 56.9. The van der Waals surface area contributed by atoms with Crippen LogP contribution in [0, 0.1) is 17.8 Å². The van der Waals surface area contributed by atoms with Gasteiger partial charge in [-0.3, -0.25) is 9.59 Å². The second-order valence-corrected chi connectivity index (χ2v) is 17.8. The zero-order chi connectivity index (χ0) is 49.1. The maximum absolute atomic E-state index is 13.1. The number of aliphatic hydroxyl groups is 10. The van der Waals surface area contributed by atoms with Crippen molar-refractivity contribution >= 4 is 11.9 Å². The molecule has 0 saturated carbocycles. The smallest absolute Gasteiger partial charge is 0.313 e. The third kappa shape index (κ3) is 18.6. The van der Waals surface area contributed by atoms with Crippen molar-refractivity contribution in [3.8, 4) is 0 Å². The van der Waals surface area contributed by atoms with E-state index in [2.05, 4.69) is 0 Å². The van der Waals surface area contributed by atoms with Gasteiger partial charge in [-0.2, -0.15) is 0 Å². The SMILES string of the molecule is COC(=O)[C@H]1[C@@H]2C[C@@H](O[C@H]3O[C@@H](C)[C@H](O)[C@@H](N)[C@@H]3O)/C=C/C=C/C=C/C=C/C=C/C=C/C=C/[C@H](C)[C@@H](O)[C@@H](C)[C@H](C)OC(=O)C[C@H](O)C[C@H](O)CC[C@@H](O)[C@H](O)C[C@H](O)C[C@](O)(C[C@@H]1O)O2. The van der Waals surface area contributed by atoms with Crippen molar-refractivity contribution in [2.24, 2.45) is 23.5 Å². The number of methoxy groups -OCH3 is 1. The number of rotatable bonds is 3. The molecule has 374 valence electrons. The fraction of sp³-hybridized carbons (Fsp3) is 0.667. The van der Waals surface area contributed by atoms with E-state index in [9.17, 15) is 60.7 Å². The number of nitrogens with two attached hydrogens (primary N) is 1. The van der Waals surface area contributed by atoms with Crippen LogP contribution in [-0.4, -0.2) is 168 Å². The average Bonchev–Trinajstić information content (AvgIpc) is 3.24. The standard InChI is InChI=1S/C48H75NO17/c1-28-18-16-14-12-10-8-6-7-9-11-13-15-17-19-35(65-47-45(59)42(49)44(58)31(4)64-47)25-39-41(46(60)62-5)38(55)27-48(61,66-39)26-34(52)23-37(54)36(53)21-20-32(50)22-33(51)24-40(56)63-30(3)29(2)43(28)57/h6-19,28-39,41-45,47,50-55,57-59,61H,20-27,49H2,1-5H3/b7-6+,10-8+,11-9+,14-12+,15-13+,18-16+,19-17+/t28-,29-,30-,31-,32+,33+,34-,35-,36+,37+,38-,39-,41+,42+,43+,44-,45-,47+,48+/m0/s1. The number of aliphatic hydroxyl groups excluding tert-OH is 9. The molecule has 3 heterocycles. The van der Waals surface area contributed by atoms with Crippen LogP contribution >= 0.6 is 0 Å². The van der Waals surface area contributed by atoms with Crippen molar-refractivity contribution in [3.63, 3.8) is 0 Å². The fourth-order valence-electron chi connectivity index (χ4n) is 8.09. The van der Waals surface area contributed by atoms with E-state index in [0.717, 1.165) is 7.11 Å². The average molecular weight is 938 g/mol. The van der Waals surface area contributed by atoms with Gasteiger partial charge in [0, 0.05) is 37.5 Å². The van der Waals surface area contributed by atoms with Crippen molar-refractivity contribution < 1.29 is 84.3 Å². The lowest BCUT2D eigenvalue weighted by Gasteiger charge is -2.45. The Kier molecular flexibility index (Phi) is 24.3. The molecule has 2 bridgehead atoms. The molecule has 0 aliphatic carbocycles. The third-order valence-corrected chi connectivity index (χ3v) is 12.2. The Balaban J connectivity index is 1.88. The number of carbonyl (C=O) groups is 2. The molecule has 0 aromatic rings. The van der Waals surface area contributed by atoms with Gasteiger partial charge in [-0.25, -0.2) is 0 Å². The Morgan fingerprint density at radius 1 is 0.667 bits per heavy atom. The molecular weight excluding hydrogens is 863 g/mol. The normalized spacial score (nSPS) is 44.9. The van der Waals surface area contributed by atoms with E-state index < -0.39 is 147 Å². The van der Waals surface area contributed by atoms with Gasteiger partial charge in [0.25, 0.3) is 0 Å². The summed E-state index contributed by atoms with van der Waals surface area (Å²) in [6.07, 6.45) is 4.50. The summed E-state index contributed by atoms with van der Waals surface area (Å²) < 4.78 is 28.4. The van der Waals surface area contributed by atoms with Gasteiger partial charge in [0.15, 0.2) is 12.1 Å². The summed E-state index contributed by atoms with van der Waals surface area (Å²) in [6, 6.07) is -1.13. The fourth-order valence-corrected chi connectivity index (χ4v) is 8.09. The van der Waals surface area contributed by atoms with Crippen LogP contribution in [0.4, 0.5) is 0 Å². The van der Waals surface area contributed by atoms with Gasteiger partial charge >= 0.3 is 11.9 Å². The predicted octanol–water partition coefficient (Wildman–Crippen LogP) is 0.800. The highest BCUT2D eigenvalue weighted by molar-refractivity contribution is 5.74. The lowest BCUT2D eigenvalue weighted by molar-refractivity contribution is -0.308. The van der Waals surface area contributed by atoms with E-state index in [1.807, 2.05) is 37.3 Å². The van der Waals surface area contributed by atoms with E-state index in [0.29, 0.717) is 0 Å². The van der Waals surface area contributed by atoms with Gasteiger partial charge in [0.2, 0.25) is 0 Å². The van der Waals surface area contributed by atoms with Gasteiger partial charge < -0.3 is 80.5 Å². The molecule has 0 spiro atoms. The van der Waals surface area contributed by atoms with Crippen molar-refractivity contribution in [2.45, 2.75) is 177 Å². The summed E-state index contributed by atoms with van der Waals surface area (Å²) in [5.74, 6) is -5.93. The first-order chi connectivity index (χ1) is 31.2. The Morgan fingerprint density at radius 2 is 1.24 bits per heavy atom. The lowest BCUT2D eigenvalue weighted by atomic mass is 9.82. The molecule has 0 radical (unpaired) electrons. The Bertz CT molecular complexity index is 1680. The van der Waals surface area contributed by atoms with Crippen molar-refractivity contribution in [3.05, 3.63) is 85.1 Å². The van der Waals surface area contributed by atoms with Gasteiger partial charge in [-0.1, -0.05) is 98.9 Å². The molecule has 18 nitrogen and oxygen atoms in total. The quantitative estimate of drug-likeness (QED) is 0.174. The number of hydrogen-bond acceptors (Lipinski definition) is 18. The van der Waals surface area contributed by atoms with E-state index in [1.165, 1.54) is 0 Å². The highest BCUT2D eigenvalue weighted by Gasteiger charge is 2.51. The molecule has 3 aliphatic rings. The van der Waals surface area contributed by atoms with Gasteiger partial charge in [0.1, 0.15) is 18.1 Å². The first-order valence-corrected chi connectivity index (χ1v) is 22.7. The number of cyclic esters (lactones) is 1. The van der Waals surface area contributed by atoms with Gasteiger partial charge in [-0.15, -0.1) is 0 Å². The molecule has 0 amide bonds. The summed E-state index contributed by atoms with van der Waals surface area (Å²) in [7, 11) is 1.12. The molecule has 19 atom stereocenters. The minimum Gasteiger partial charge on any atom is -0.469 e. The molecule has 3 rings (SSSR count). The number of hydrogen-bond donors (Lipinski definition) is 11. The first-order valence-electron chi connectivity index (χ1n) is 22.7. The molecule has 2 saturated heterocycles. The molecule has 12 N–H and O–H groups in total. The maximum Gasteiger partial charge on any atom is 0.313 e. The maximum atomic E-state index is 13.1. The van der Waals surface area contributed by atoms with Crippen LogP contribution in [0.25, 0.3) is 0 Å². The third-order valence-electron chi connectivity index (χ3n) is 12.2. The minimum atomic E-state index is -2.27. The van der Waals surface area contributed by atoms with Crippen LogP contribution in [0.2, 0.25) is 0 Å². The van der Waals surface area contributed by atoms with Gasteiger partial charge in [0.05, 0.1) is 86.7 Å². The topological polar surface area (TPSA) is 309 Å². The highest BCUT2D eigenvalue weighted by atomic mass is 16.7. The van der Waals surface area contributed by atoms with Gasteiger partial charge in [-0.05, 0) is 33.1 Å². The lowest BCUT2D eigenvalue weighted by Crippen LogP contribution is -2.61. The van der Waals surface area contributed by atoms with E-state index in [-0.39, 0.29) is 31.6 Å². The van der Waals surface area contributed by atoms with Crippen molar-refractivity contribution in [2.75, 3.05) is 7.11 Å². The van der Waals surface area contributed by atoms with Crippen molar-refractivity contribution in [1.29, 1.82) is 0 Å². The number of fused-ring (bicyclic) bond motifs is 2.